The van der Waals surface area contributed by atoms with Crippen molar-refractivity contribution >= 4 is 5.91 Å². The number of amides is 1. The molecule has 0 saturated heterocycles. The Morgan fingerprint density at radius 2 is 1.71 bits per heavy atom. The highest BCUT2D eigenvalue weighted by atomic mass is 16.1. The standard InChI is InChI=1S/C18H32N2O/c1-12-5-2-3-6-15(12)11-20-18(21)16-9-13-7-4-8-14(10-16)17(13)19/h12-17H,2-11,19H2,1H3,(H,20,21). The fraction of sp³-hybridized carbons (Fsp3) is 0.944. The first-order valence-corrected chi connectivity index (χ1v) is 9.18. The minimum Gasteiger partial charge on any atom is -0.356 e. The van der Waals surface area contributed by atoms with Gasteiger partial charge in [-0.15, -0.1) is 0 Å². The molecule has 3 nitrogen and oxygen atoms in total. The summed E-state index contributed by atoms with van der Waals surface area (Å²) in [6.45, 7) is 3.25. The summed E-state index contributed by atoms with van der Waals surface area (Å²) in [5.74, 6) is 3.23. The van der Waals surface area contributed by atoms with Crippen LogP contribution < -0.4 is 11.1 Å². The van der Waals surface area contributed by atoms with E-state index in [0.29, 0.717) is 29.7 Å². The van der Waals surface area contributed by atoms with Gasteiger partial charge in [-0.2, -0.15) is 0 Å². The number of hydrogen-bond acceptors (Lipinski definition) is 2. The van der Waals surface area contributed by atoms with E-state index in [1.54, 1.807) is 0 Å². The zero-order valence-electron chi connectivity index (χ0n) is 13.5. The Labute approximate surface area is 129 Å². The second-order valence-electron chi connectivity index (χ2n) is 7.96. The third kappa shape index (κ3) is 3.44. The van der Waals surface area contributed by atoms with Crippen molar-refractivity contribution in [3.05, 3.63) is 0 Å². The van der Waals surface area contributed by atoms with Gasteiger partial charge in [0.2, 0.25) is 5.91 Å². The number of hydrogen-bond donors (Lipinski definition) is 2. The summed E-state index contributed by atoms with van der Waals surface area (Å²) in [6.07, 6.45) is 11.2. The summed E-state index contributed by atoms with van der Waals surface area (Å²) in [4.78, 5) is 12.5. The molecule has 0 aliphatic heterocycles. The fourth-order valence-corrected chi connectivity index (χ4v) is 5.08. The average molecular weight is 292 g/mol. The Hall–Kier alpha value is -0.570. The van der Waals surface area contributed by atoms with Crippen molar-refractivity contribution in [2.45, 2.75) is 70.8 Å². The van der Waals surface area contributed by atoms with Gasteiger partial charge in [0, 0.05) is 18.5 Å². The average Bonchev–Trinajstić information content (AvgIpc) is 2.46. The number of carbonyl (C=O) groups is 1. The molecule has 0 aromatic rings. The molecule has 3 N–H and O–H groups in total. The predicted molar refractivity (Wildman–Crippen MR) is 85.7 cm³/mol. The highest BCUT2D eigenvalue weighted by Crippen LogP contribution is 2.42. The highest BCUT2D eigenvalue weighted by molar-refractivity contribution is 5.78. The van der Waals surface area contributed by atoms with Crippen molar-refractivity contribution in [1.29, 1.82) is 0 Å². The van der Waals surface area contributed by atoms with Crippen LogP contribution in [0.15, 0.2) is 0 Å². The minimum absolute atomic E-state index is 0.235. The molecule has 4 atom stereocenters. The van der Waals surface area contributed by atoms with Gasteiger partial charge in [0.05, 0.1) is 0 Å². The Kier molecular flexibility index (Phi) is 4.88. The molecule has 0 spiro atoms. The fourth-order valence-electron chi connectivity index (χ4n) is 5.08. The molecule has 1 amide bonds. The monoisotopic (exact) mass is 292 g/mol. The smallest absolute Gasteiger partial charge is 0.223 e. The summed E-state index contributed by atoms with van der Waals surface area (Å²) in [5.41, 5.74) is 6.32. The van der Waals surface area contributed by atoms with E-state index < -0.39 is 0 Å². The molecule has 0 aromatic heterocycles. The summed E-state index contributed by atoms with van der Waals surface area (Å²) in [5, 5.41) is 3.28. The third-order valence-corrected chi connectivity index (χ3v) is 6.61. The molecule has 0 aromatic carbocycles. The Bertz CT molecular complexity index is 356. The first-order chi connectivity index (χ1) is 10.1. The molecule has 0 heterocycles. The summed E-state index contributed by atoms with van der Waals surface area (Å²) < 4.78 is 0. The van der Waals surface area contributed by atoms with Gasteiger partial charge in [-0.3, -0.25) is 4.79 Å². The zero-order valence-corrected chi connectivity index (χ0v) is 13.5. The van der Waals surface area contributed by atoms with E-state index in [9.17, 15) is 4.79 Å². The molecule has 3 heteroatoms. The van der Waals surface area contributed by atoms with Crippen molar-refractivity contribution in [1.82, 2.24) is 5.32 Å². The van der Waals surface area contributed by atoms with Gasteiger partial charge in [0.15, 0.2) is 0 Å². The molecule has 3 fully saturated rings. The number of fused-ring (bicyclic) bond motifs is 2. The predicted octanol–water partition coefficient (Wildman–Crippen LogP) is 3.08. The number of nitrogens with two attached hydrogens (primary N) is 1. The quantitative estimate of drug-likeness (QED) is 0.840. The van der Waals surface area contributed by atoms with E-state index >= 15 is 0 Å². The SMILES string of the molecule is CC1CCCCC1CNC(=O)C1CC2CCCC(C1)C2N. The molecule has 120 valence electrons. The van der Waals surface area contributed by atoms with Crippen LogP contribution in [0, 0.1) is 29.6 Å². The molecule has 21 heavy (non-hydrogen) atoms. The number of rotatable bonds is 3. The molecule has 3 aliphatic rings. The highest BCUT2D eigenvalue weighted by Gasteiger charge is 2.40. The van der Waals surface area contributed by atoms with E-state index in [4.69, 9.17) is 5.73 Å². The second-order valence-corrected chi connectivity index (χ2v) is 7.96. The van der Waals surface area contributed by atoms with Gasteiger partial charge in [0.25, 0.3) is 0 Å². The number of carbonyl (C=O) groups excluding carboxylic acids is 1. The zero-order chi connectivity index (χ0) is 14.8. The summed E-state index contributed by atoms with van der Waals surface area (Å²) >= 11 is 0. The first-order valence-electron chi connectivity index (χ1n) is 9.18. The van der Waals surface area contributed by atoms with Crippen LogP contribution >= 0.6 is 0 Å². The van der Waals surface area contributed by atoms with Crippen LogP contribution in [0.4, 0.5) is 0 Å². The van der Waals surface area contributed by atoms with Gasteiger partial charge < -0.3 is 11.1 Å². The van der Waals surface area contributed by atoms with E-state index in [2.05, 4.69) is 12.2 Å². The Morgan fingerprint density at radius 1 is 1.05 bits per heavy atom. The minimum atomic E-state index is 0.235. The molecule has 3 saturated carbocycles. The van der Waals surface area contributed by atoms with Gasteiger partial charge in [-0.1, -0.05) is 32.6 Å². The maximum Gasteiger partial charge on any atom is 0.223 e. The topological polar surface area (TPSA) is 55.1 Å². The third-order valence-electron chi connectivity index (χ3n) is 6.61. The number of nitrogens with one attached hydrogen (secondary N) is 1. The lowest BCUT2D eigenvalue weighted by molar-refractivity contribution is -0.128. The maximum absolute atomic E-state index is 12.5. The largest absolute Gasteiger partial charge is 0.356 e. The maximum atomic E-state index is 12.5. The van der Waals surface area contributed by atoms with Gasteiger partial charge in [-0.25, -0.2) is 0 Å². The van der Waals surface area contributed by atoms with E-state index in [1.165, 1.54) is 44.9 Å². The molecule has 4 unspecified atom stereocenters. The Morgan fingerprint density at radius 3 is 2.38 bits per heavy atom. The summed E-state index contributed by atoms with van der Waals surface area (Å²) in [7, 11) is 0. The van der Waals surface area contributed by atoms with E-state index in [1.807, 2.05) is 0 Å². The van der Waals surface area contributed by atoms with Crippen LogP contribution in [0.3, 0.4) is 0 Å². The summed E-state index contributed by atoms with van der Waals surface area (Å²) in [6, 6.07) is 0.362. The van der Waals surface area contributed by atoms with E-state index in [0.717, 1.165) is 25.3 Å². The molecular formula is C18H32N2O. The molecule has 3 rings (SSSR count). The van der Waals surface area contributed by atoms with Crippen molar-refractivity contribution in [3.63, 3.8) is 0 Å². The van der Waals surface area contributed by atoms with Crippen molar-refractivity contribution in [2.24, 2.45) is 35.3 Å². The van der Waals surface area contributed by atoms with Crippen LogP contribution in [0.1, 0.15) is 64.7 Å². The van der Waals surface area contributed by atoms with Crippen LogP contribution in [-0.4, -0.2) is 18.5 Å². The van der Waals surface area contributed by atoms with Gasteiger partial charge >= 0.3 is 0 Å². The van der Waals surface area contributed by atoms with Crippen LogP contribution in [0.2, 0.25) is 0 Å². The van der Waals surface area contributed by atoms with Crippen molar-refractivity contribution < 1.29 is 4.79 Å². The first kappa shape index (κ1) is 15.3. The van der Waals surface area contributed by atoms with Crippen molar-refractivity contribution in [2.75, 3.05) is 6.54 Å². The van der Waals surface area contributed by atoms with Gasteiger partial charge in [0.1, 0.15) is 0 Å². The van der Waals surface area contributed by atoms with E-state index in [-0.39, 0.29) is 5.92 Å². The molecule has 0 radical (unpaired) electrons. The molecule has 2 bridgehead atoms. The second kappa shape index (κ2) is 6.68. The Balaban J connectivity index is 1.49. The molecule has 3 aliphatic carbocycles. The lowest BCUT2D eigenvalue weighted by Crippen LogP contribution is -2.49. The van der Waals surface area contributed by atoms with Crippen LogP contribution in [0.5, 0.6) is 0 Å². The molecular weight excluding hydrogens is 260 g/mol. The lowest BCUT2D eigenvalue weighted by atomic mass is 9.65. The lowest BCUT2D eigenvalue weighted by Gasteiger charge is -2.43. The van der Waals surface area contributed by atoms with Crippen LogP contribution in [-0.2, 0) is 4.79 Å². The normalized spacial score (nSPS) is 43.3. The van der Waals surface area contributed by atoms with Crippen molar-refractivity contribution in [3.8, 4) is 0 Å². The van der Waals surface area contributed by atoms with Gasteiger partial charge in [-0.05, 0) is 55.8 Å². The van der Waals surface area contributed by atoms with Crippen LogP contribution in [0.25, 0.3) is 0 Å².